The molecule has 1 rings (SSSR count). The van der Waals surface area contributed by atoms with Gasteiger partial charge in [-0.15, -0.1) is 0 Å². The fourth-order valence-electron chi connectivity index (χ4n) is 1.58. The Morgan fingerprint density at radius 1 is 1.73 bits per heavy atom. The number of likely N-dealkylation sites (tertiary alicyclic amines) is 1. The van der Waals surface area contributed by atoms with Crippen LogP contribution in [0.1, 0.15) is 6.42 Å². The first-order valence-corrected chi connectivity index (χ1v) is 3.95. The van der Waals surface area contributed by atoms with E-state index in [0.717, 1.165) is 6.54 Å². The third kappa shape index (κ3) is 2.26. The van der Waals surface area contributed by atoms with Crippen LogP contribution in [0.2, 0.25) is 0 Å². The molecule has 1 unspecified atom stereocenters. The Hall–Kier alpha value is -0.440. The van der Waals surface area contributed by atoms with Gasteiger partial charge in [0.2, 0.25) is 0 Å². The van der Waals surface area contributed by atoms with Gasteiger partial charge in [-0.05, 0) is 7.05 Å². The van der Waals surface area contributed by atoms with E-state index in [0.29, 0.717) is 19.0 Å². The minimum Gasteiger partial charge on any atom is -0.295 e. The molecule has 2 nitrogen and oxygen atoms in total. The molecular formula is C8H16FN2+. The molecule has 0 N–H and O–H groups in total. The van der Waals surface area contributed by atoms with E-state index in [9.17, 15) is 4.39 Å². The van der Waals surface area contributed by atoms with Crippen LogP contribution in [0.25, 0.3) is 0 Å². The van der Waals surface area contributed by atoms with Crippen molar-refractivity contribution in [2.24, 2.45) is 0 Å². The zero-order valence-electron chi connectivity index (χ0n) is 7.26. The average molecular weight is 159 g/mol. The molecule has 64 valence electrons. The molecule has 2 atom stereocenters. The van der Waals surface area contributed by atoms with Crippen molar-refractivity contribution in [1.82, 2.24) is 4.90 Å². The highest BCUT2D eigenvalue weighted by atomic mass is 19.1. The number of nitrogens with zero attached hydrogens (tertiary/aromatic N) is 2. The topological polar surface area (TPSA) is 6.25 Å². The molecule has 0 saturated carbocycles. The zero-order valence-corrected chi connectivity index (χ0v) is 7.26. The molecule has 0 aliphatic carbocycles. The minimum absolute atomic E-state index is 0.354. The second-order valence-corrected chi connectivity index (χ2v) is 3.47. The van der Waals surface area contributed by atoms with Gasteiger partial charge in [0.05, 0.1) is 6.04 Å². The molecular weight excluding hydrogens is 143 g/mol. The standard InChI is InChI=1S/C8H16FN2/c1-10(2)6-8-4-7(9)5-11(8)3/h7-8H,1,4-6H2,2-3H3/q+1/t7?,8-/m1/s1. The number of rotatable bonds is 2. The highest BCUT2D eigenvalue weighted by Crippen LogP contribution is 2.17. The third-order valence-corrected chi connectivity index (χ3v) is 2.16. The summed E-state index contributed by atoms with van der Waals surface area (Å²) in [5, 5.41) is 0. The van der Waals surface area contributed by atoms with Gasteiger partial charge < -0.3 is 0 Å². The van der Waals surface area contributed by atoms with Crippen LogP contribution in [-0.2, 0) is 0 Å². The predicted molar refractivity (Wildman–Crippen MR) is 44.1 cm³/mol. The van der Waals surface area contributed by atoms with Crippen LogP contribution in [0.4, 0.5) is 4.39 Å². The van der Waals surface area contributed by atoms with Crippen molar-refractivity contribution < 1.29 is 8.97 Å². The van der Waals surface area contributed by atoms with Gasteiger partial charge in [0.15, 0.2) is 6.54 Å². The van der Waals surface area contributed by atoms with Gasteiger partial charge >= 0.3 is 0 Å². The molecule has 3 heteroatoms. The van der Waals surface area contributed by atoms with E-state index in [2.05, 4.69) is 11.6 Å². The predicted octanol–water partition coefficient (Wildman–Crippen LogP) is 0.371. The van der Waals surface area contributed by atoms with E-state index in [-0.39, 0.29) is 0 Å². The molecule has 0 bridgehead atoms. The Morgan fingerprint density at radius 3 is 2.73 bits per heavy atom. The highest BCUT2D eigenvalue weighted by molar-refractivity contribution is 5.14. The molecule has 0 aromatic rings. The summed E-state index contributed by atoms with van der Waals surface area (Å²) >= 11 is 0. The Morgan fingerprint density at radius 2 is 2.36 bits per heavy atom. The number of halogens is 1. The van der Waals surface area contributed by atoms with Crippen LogP contribution < -0.4 is 0 Å². The lowest BCUT2D eigenvalue weighted by Gasteiger charge is -2.15. The molecule has 0 aromatic carbocycles. The lowest BCUT2D eigenvalue weighted by molar-refractivity contribution is -0.494. The van der Waals surface area contributed by atoms with Crippen LogP contribution in [0.5, 0.6) is 0 Å². The Kier molecular flexibility index (Phi) is 2.60. The maximum Gasteiger partial charge on any atom is 0.157 e. The molecule has 1 saturated heterocycles. The van der Waals surface area contributed by atoms with E-state index < -0.39 is 6.17 Å². The van der Waals surface area contributed by atoms with Gasteiger partial charge in [-0.25, -0.2) is 8.97 Å². The van der Waals surface area contributed by atoms with Crippen molar-refractivity contribution in [1.29, 1.82) is 0 Å². The number of alkyl halides is 1. The molecule has 11 heavy (non-hydrogen) atoms. The van der Waals surface area contributed by atoms with Crippen molar-refractivity contribution >= 4 is 6.72 Å². The highest BCUT2D eigenvalue weighted by Gasteiger charge is 2.31. The first-order chi connectivity index (χ1) is 5.09. The smallest absolute Gasteiger partial charge is 0.157 e. The van der Waals surface area contributed by atoms with Crippen molar-refractivity contribution in [3.8, 4) is 0 Å². The van der Waals surface area contributed by atoms with Gasteiger partial charge in [0.25, 0.3) is 0 Å². The lowest BCUT2D eigenvalue weighted by atomic mass is 10.2. The largest absolute Gasteiger partial charge is 0.295 e. The number of likely N-dealkylation sites (N-methyl/N-ethyl adjacent to an activating group) is 2. The van der Waals surface area contributed by atoms with Gasteiger partial charge in [0.1, 0.15) is 19.9 Å². The van der Waals surface area contributed by atoms with E-state index in [4.69, 9.17) is 0 Å². The third-order valence-electron chi connectivity index (χ3n) is 2.16. The first kappa shape index (κ1) is 8.65. The van der Waals surface area contributed by atoms with Crippen molar-refractivity contribution in [2.45, 2.75) is 18.6 Å². The summed E-state index contributed by atoms with van der Waals surface area (Å²) in [5.74, 6) is 0. The molecule has 0 amide bonds. The van der Waals surface area contributed by atoms with E-state index >= 15 is 0 Å². The molecule has 1 aliphatic heterocycles. The normalized spacial score (nSPS) is 32.6. The maximum atomic E-state index is 12.8. The van der Waals surface area contributed by atoms with Crippen LogP contribution in [0.15, 0.2) is 0 Å². The van der Waals surface area contributed by atoms with Crippen LogP contribution in [-0.4, -0.2) is 55.6 Å². The van der Waals surface area contributed by atoms with Crippen LogP contribution in [0, 0.1) is 0 Å². The van der Waals surface area contributed by atoms with Crippen LogP contribution >= 0.6 is 0 Å². The second-order valence-electron chi connectivity index (χ2n) is 3.47. The summed E-state index contributed by atoms with van der Waals surface area (Å²) < 4.78 is 14.7. The van der Waals surface area contributed by atoms with Crippen molar-refractivity contribution in [2.75, 3.05) is 27.2 Å². The fourth-order valence-corrected chi connectivity index (χ4v) is 1.58. The van der Waals surface area contributed by atoms with Gasteiger partial charge in [0, 0.05) is 13.0 Å². The molecule has 0 spiro atoms. The van der Waals surface area contributed by atoms with Crippen LogP contribution in [0.3, 0.4) is 0 Å². The summed E-state index contributed by atoms with van der Waals surface area (Å²) in [6, 6.07) is 0.354. The van der Waals surface area contributed by atoms with Crippen molar-refractivity contribution in [3.63, 3.8) is 0 Å². The van der Waals surface area contributed by atoms with Crippen molar-refractivity contribution in [3.05, 3.63) is 0 Å². The fraction of sp³-hybridized carbons (Fsp3) is 0.875. The Bertz CT molecular complexity index is 158. The molecule has 1 heterocycles. The van der Waals surface area contributed by atoms with E-state index in [1.165, 1.54) is 0 Å². The summed E-state index contributed by atoms with van der Waals surface area (Å²) in [7, 11) is 3.88. The molecule has 0 aromatic heterocycles. The first-order valence-electron chi connectivity index (χ1n) is 3.95. The number of hydrogen-bond acceptors (Lipinski definition) is 1. The van der Waals surface area contributed by atoms with E-state index in [1.807, 2.05) is 18.7 Å². The van der Waals surface area contributed by atoms with Gasteiger partial charge in [-0.2, -0.15) is 0 Å². The quantitative estimate of drug-likeness (QED) is 0.417. The summed E-state index contributed by atoms with van der Waals surface area (Å²) in [6.45, 7) is 5.19. The minimum atomic E-state index is -0.634. The number of hydrogen-bond donors (Lipinski definition) is 0. The van der Waals surface area contributed by atoms with Gasteiger partial charge in [-0.3, -0.25) is 4.90 Å². The van der Waals surface area contributed by atoms with Gasteiger partial charge in [-0.1, -0.05) is 0 Å². The van der Waals surface area contributed by atoms with E-state index in [1.54, 1.807) is 0 Å². The summed E-state index contributed by atoms with van der Waals surface area (Å²) in [5.41, 5.74) is 0. The summed E-state index contributed by atoms with van der Waals surface area (Å²) in [4.78, 5) is 2.06. The maximum absolute atomic E-state index is 12.8. The molecule has 1 aliphatic rings. The zero-order chi connectivity index (χ0) is 8.43. The second kappa shape index (κ2) is 3.30. The average Bonchev–Trinajstić information content (AvgIpc) is 2.09. The molecule has 0 radical (unpaired) electrons. The Labute approximate surface area is 67.3 Å². The lowest BCUT2D eigenvalue weighted by Crippen LogP contribution is -2.32. The SMILES string of the molecule is C=[N+](C)C[C@H]1CC(F)CN1C. The Balaban J connectivity index is 2.40. The molecule has 1 fully saturated rings. The monoisotopic (exact) mass is 159 g/mol. The summed E-state index contributed by atoms with van der Waals surface area (Å²) in [6.07, 6.45) is 0.0287.